The Bertz CT molecular complexity index is 406. The second-order valence-electron chi connectivity index (χ2n) is 4.60. The molecule has 1 heterocycles. The lowest BCUT2D eigenvalue weighted by atomic mass is 10.2. The second-order valence-corrected chi connectivity index (χ2v) is 4.60. The van der Waals surface area contributed by atoms with Crippen LogP contribution in [-0.2, 0) is 0 Å². The fourth-order valence-corrected chi connectivity index (χ4v) is 1.51. The first-order valence-corrected chi connectivity index (χ1v) is 5.82. The highest BCUT2D eigenvalue weighted by molar-refractivity contribution is 5.52. The number of aryl methyl sites for hydroxylation is 1. The minimum Gasteiger partial charge on any atom is -0.366 e. The number of nitrogens with zero attached hydrogens (tertiary/aromatic N) is 3. The number of anilines is 1. The minimum atomic E-state index is 0.304. The summed E-state index contributed by atoms with van der Waals surface area (Å²) in [5, 5.41) is 12.3. The molecule has 17 heavy (non-hydrogen) atoms. The van der Waals surface area contributed by atoms with Crippen LogP contribution in [0.1, 0.15) is 24.6 Å². The fraction of sp³-hybridized carbons (Fsp3) is 0.538. The molecule has 1 aromatic rings. The summed E-state index contributed by atoms with van der Waals surface area (Å²) in [6.45, 7) is 5.05. The van der Waals surface area contributed by atoms with Crippen LogP contribution in [0.3, 0.4) is 0 Å². The van der Waals surface area contributed by atoms with Crippen molar-refractivity contribution in [2.45, 2.75) is 26.3 Å². The molecule has 1 aromatic heterocycles. The molecule has 0 fully saturated rings. The highest BCUT2D eigenvalue weighted by Gasteiger charge is 2.08. The third kappa shape index (κ3) is 4.41. The van der Waals surface area contributed by atoms with E-state index < -0.39 is 0 Å². The van der Waals surface area contributed by atoms with Crippen LogP contribution in [0.2, 0.25) is 0 Å². The van der Waals surface area contributed by atoms with Crippen LogP contribution in [0.25, 0.3) is 0 Å². The Morgan fingerprint density at radius 3 is 2.76 bits per heavy atom. The number of rotatable bonds is 5. The normalized spacial score (nSPS) is 12.2. The SMILES string of the molecule is Cc1ccc(C#N)c(NC(C)CCN(C)C)n1. The van der Waals surface area contributed by atoms with E-state index in [-0.39, 0.29) is 0 Å². The molecule has 92 valence electrons. The number of hydrogen-bond donors (Lipinski definition) is 1. The molecule has 1 N–H and O–H groups in total. The molecule has 4 nitrogen and oxygen atoms in total. The Kier molecular flexibility index (Phi) is 4.92. The third-order valence-electron chi connectivity index (χ3n) is 2.55. The van der Waals surface area contributed by atoms with Crippen LogP contribution in [0, 0.1) is 18.3 Å². The molecule has 0 bridgehead atoms. The maximum atomic E-state index is 9.00. The molecule has 0 radical (unpaired) electrons. The van der Waals surface area contributed by atoms with Gasteiger partial charge in [-0.25, -0.2) is 4.98 Å². The number of aromatic nitrogens is 1. The highest BCUT2D eigenvalue weighted by Crippen LogP contribution is 2.14. The highest BCUT2D eigenvalue weighted by atomic mass is 15.1. The second kappa shape index (κ2) is 6.21. The summed E-state index contributed by atoms with van der Waals surface area (Å²) < 4.78 is 0. The van der Waals surface area contributed by atoms with Gasteiger partial charge in [0.1, 0.15) is 11.9 Å². The van der Waals surface area contributed by atoms with Gasteiger partial charge < -0.3 is 10.2 Å². The summed E-state index contributed by atoms with van der Waals surface area (Å²) >= 11 is 0. The van der Waals surface area contributed by atoms with E-state index in [4.69, 9.17) is 5.26 Å². The zero-order chi connectivity index (χ0) is 12.8. The van der Waals surface area contributed by atoms with Gasteiger partial charge in [-0.2, -0.15) is 5.26 Å². The molecule has 0 aromatic carbocycles. The molecular weight excluding hydrogens is 212 g/mol. The van der Waals surface area contributed by atoms with Crippen molar-refractivity contribution in [3.8, 4) is 6.07 Å². The van der Waals surface area contributed by atoms with E-state index in [2.05, 4.69) is 42.3 Å². The standard InChI is InChI=1S/C13H20N4/c1-10-5-6-12(9-14)13(15-10)16-11(2)7-8-17(3)4/h5-6,11H,7-8H2,1-4H3,(H,15,16). The van der Waals surface area contributed by atoms with E-state index >= 15 is 0 Å². The first-order valence-electron chi connectivity index (χ1n) is 5.82. The number of hydrogen-bond acceptors (Lipinski definition) is 4. The third-order valence-corrected chi connectivity index (χ3v) is 2.55. The van der Waals surface area contributed by atoms with Crippen molar-refractivity contribution in [3.05, 3.63) is 23.4 Å². The Hall–Kier alpha value is -1.60. The van der Waals surface area contributed by atoms with Gasteiger partial charge in [0.2, 0.25) is 0 Å². The van der Waals surface area contributed by atoms with Crippen LogP contribution in [0.5, 0.6) is 0 Å². The van der Waals surface area contributed by atoms with Crippen molar-refractivity contribution in [1.29, 1.82) is 5.26 Å². The van der Waals surface area contributed by atoms with Gasteiger partial charge in [0.15, 0.2) is 0 Å². The van der Waals surface area contributed by atoms with Crippen molar-refractivity contribution in [2.75, 3.05) is 26.0 Å². The van der Waals surface area contributed by atoms with Crippen molar-refractivity contribution in [1.82, 2.24) is 9.88 Å². The number of nitrogens with one attached hydrogen (secondary N) is 1. The molecule has 0 saturated carbocycles. The van der Waals surface area contributed by atoms with Crippen molar-refractivity contribution in [3.63, 3.8) is 0 Å². The van der Waals surface area contributed by atoms with Crippen LogP contribution in [-0.4, -0.2) is 36.6 Å². The Labute approximate surface area is 103 Å². The maximum Gasteiger partial charge on any atom is 0.144 e. The van der Waals surface area contributed by atoms with Gasteiger partial charge in [0.25, 0.3) is 0 Å². The zero-order valence-electron chi connectivity index (χ0n) is 11.0. The zero-order valence-corrected chi connectivity index (χ0v) is 11.0. The van der Waals surface area contributed by atoms with E-state index in [1.807, 2.05) is 19.1 Å². The lowest BCUT2D eigenvalue weighted by Gasteiger charge is -2.18. The predicted octanol–water partition coefficient (Wildman–Crippen LogP) is 2.01. The average molecular weight is 232 g/mol. The summed E-state index contributed by atoms with van der Waals surface area (Å²) in [5.41, 5.74) is 1.53. The predicted molar refractivity (Wildman–Crippen MR) is 69.9 cm³/mol. The molecular formula is C13H20N4. The fourth-order valence-electron chi connectivity index (χ4n) is 1.51. The average Bonchev–Trinajstić information content (AvgIpc) is 2.27. The molecule has 1 rings (SSSR count). The largest absolute Gasteiger partial charge is 0.366 e. The maximum absolute atomic E-state index is 9.00. The molecule has 0 spiro atoms. The van der Waals surface area contributed by atoms with Gasteiger partial charge in [-0.05, 0) is 53.0 Å². The molecule has 4 heteroatoms. The number of nitriles is 1. The van der Waals surface area contributed by atoms with Gasteiger partial charge >= 0.3 is 0 Å². The molecule has 0 aliphatic heterocycles. The molecule has 0 aliphatic carbocycles. The van der Waals surface area contributed by atoms with E-state index in [0.717, 1.165) is 18.7 Å². The smallest absolute Gasteiger partial charge is 0.144 e. The minimum absolute atomic E-state index is 0.304. The van der Waals surface area contributed by atoms with E-state index in [1.54, 1.807) is 0 Å². The Balaban J connectivity index is 2.67. The Morgan fingerprint density at radius 1 is 1.47 bits per heavy atom. The molecule has 1 unspecified atom stereocenters. The summed E-state index contributed by atoms with van der Waals surface area (Å²) in [6, 6.07) is 6.13. The molecule has 0 aliphatic rings. The van der Waals surface area contributed by atoms with Gasteiger partial charge in [0.05, 0.1) is 5.56 Å². The summed E-state index contributed by atoms with van der Waals surface area (Å²) in [5.74, 6) is 0.693. The van der Waals surface area contributed by atoms with E-state index in [1.165, 1.54) is 0 Å². The van der Waals surface area contributed by atoms with Gasteiger partial charge in [0, 0.05) is 11.7 Å². The molecule has 0 saturated heterocycles. The molecule has 0 amide bonds. The van der Waals surface area contributed by atoms with Crippen molar-refractivity contribution < 1.29 is 0 Å². The monoisotopic (exact) mass is 232 g/mol. The van der Waals surface area contributed by atoms with E-state index in [9.17, 15) is 0 Å². The quantitative estimate of drug-likeness (QED) is 0.843. The summed E-state index contributed by atoms with van der Waals surface area (Å²) in [6.07, 6.45) is 1.02. The van der Waals surface area contributed by atoms with Crippen LogP contribution in [0.4, 0.5) is 5.82 Å². The first-order chi connectivity index (χ1) is 8.02. The summed E-state index contributed by atoms with van der Waals surface area (Å²) in [7, 11) is 4.11. The van der Waals surface area contributed by atoms with Crippen LogP contribution < -0.4 is 5.32 Å². The van der Waals surface area contributed by atoms with Gasteiger partial charge in [-0.3, -0.25) is 0 Å². The van der Waals surface area contributed by atoms with Crippen LogP contribution >= 0.6 is 0 Å². The first kappa shape index (κ1) is 13.5. The summed E-state index contributed by atoms with van der Waals surface area (Å²) in [4.78, 5) is 6.51. The van der Waals surface area contributed by atoms with Crippen molar-refractivity contribution in [2.24, 2.45) is 0 Å². The molecule has 1 atom stereocenters. The lowest BCUT2D eigenvalue weighted by Crippen LogP contribution is -2.23. The van der Waals surface area contributed by atoms with E-state index in [0.29, 0.717) is 17.4 Å². The lowest BCUT2D eigenvalue weighted by molar-refractivity contribution is 0.390. The number of pyridine rings is 1. The Morgan fingerprint density at radius 2 is 2.18 bits per heavy atom. The van der Waals surface area contributed by atoms with Crippen molar-refractivity contribution >= 4 is 5.82 Å². The van der Waals surface area contributed by atoms with Gasteiger partial charge in [-0.1, -0.05) is 0 Å². The topological polar surface area (TPSA) is 52.0 Å². The van der Waals surface area contributed by atoms with Gasteiger partial charge in [-0.15, -0.1) is 0 Å². The van der Waals surface area contributed by atoms with Crippen LogP contribution in [0.15, 0.2) is 12.1 Å².